The number of halogens is 3. The van der Waals surface area contributed by atoms with Crippen LogP contribution in [0.3, 0.4) is 0 Å². The van der Waals surface area contributed by atoms with Gasteiger partial charge in [0.2, 0.25) is 0 Å². The van der Waals surface area contributed by atoms with Crippen LogP contribution in [0.5, 0.6) is 0 Å². The molecule has 2 aromatic carbocycles. The molecule has 0 spiro atoms. The summed E-state index contributed by atoms with van der Waals surface area (Å²) >= 11 is 0. The molecule has 0 fully saturated rings. The maximum absolute atomic E-state index is 13.0. The molecule has 0 amide bonds. The van der Waals surface area contributed by atoms with E-state index in [-0.39, 0.29) is 23.8 Å². The summed E-state index contributed by atoms with van der Waals surface area (Å²) in [6.45, 7) is 0.141. The number of methoxy groups -OCH3 is 1. The number of H-pyrrole nitrogens is 1. The molecule has 0 bridgehead atoms. The van der Waals surface area contributed by atoms with Crippen LogP contribution in [0.25, 0.3) is 33.9 Å². The molecule has 0 saturated carbocycles. The van der Waals surface area contributed by atoms with Crippen molar-refractivity contribution in [2.24, 2.45) is 7.05 Å². The van der Waals surface area contributed by atoms with Crippen LogP contribution in [0.4, 0.5) is 13.2 Å². The first kappa shape index (κ1) is 24.0. The van der Waals surface area contributed by atoms with Crippen molar-refractivity contribution in [1.82, 2.24) is 29.1 Å². The highest BCUT2D eigenvalue weighted by Gasteiger charge is 2.34. The number of carbonyl (C=O) groups is 1. The molecule has 5 rings (SSSR count). The lowest BCUT2D eigenvalue weighted by Gasteiger charge is -2.08. The number of carbonyl (C=O) groups excluding carboxylic acids is 1. The Hall–Kier alpha value is -4.74. The first-order chi connectivity index (χ1) is 17.7. The molecule has 12 heteroatoms. The van der Waals surface area contributed by atoms with E-state index in [1.165, 1.54) is 29.5 Å². The van der Waals surface area contributed by atoms with Crippen LogP contribution in [0.1, 0.15) is 21.6 Å². The zero-order valence-corrected chi connectivity index (χ0v) is 19.6. The number of hydrogen-bond donors (Lipinski definition) is 1. The van der Waals surface area contributed by atoms with Gasteiger partial charge in [-0.15, -0.1) is 0 Å². The molecule has 0 atom stereocenters. The van der Waals surface area contributed by atoms with Crippen LogP contribution in [-0.2, 0) is 24.5 Å². The lowest BCUT2D eigenvalue weighted by atomic mass is 10.1. The van der Waals surface area contributed by atoms with E-state index in [1.807, 2.05) is 0 Å². The predicted molar refractivity (Wildman–Crippen MR) is 128 cm³/mol. The fourth-order valence-electron chi connectivity index (χ4n) is 4.00. The highest BCUT2D eigenvalue weighted by Crippen LogP contribution is 2.30. The van der Waals surface area contributed by atoms with Gasteiger partial charge in [0.1, 0.15) is 11.3 Å². The van der Waals surface area contributed by atoms with Gasteiger partial charge in [-0.25, -0.2) is 24.5 Å². The first-order valence-corrected chi connectivity index (χ1v) is 11.0. The number of nitrogens with one attached hydrogen (secondary N) is 1. The average Bonchev–Trinajstić information content (AvgIpc) is 3.43. The summed E-state index contributed by atoms with van der Waals surface area (Å²) in [5.41, 5.74) is 1.31. The number of benzene rings is 2. The van der Waals surface area contributed by atoms with E-state index in [4.69, 9.17) is 4.74 Å². The van der Waals surface area contributed by atoms with Crippen LogP contribution in [0.2, 0.25) is 0 Å². The topological polar surface area (TPSA) is 108 Å². The van der Waals surface area contributed by atoms with E-state index in [2.05, 4.69) is 19.9 Å². The summed E-state index contributed by atoms with van der Waals surface area (Å²) in [6, 6.07) is 13.4. The Bertz CT molecular complexity index is 1680. The lowest BCUT2D eigenvalue weighted by molar-refractivity contribution is -0.140. The third-order valence-electron chi connectivity index (χ3n) is 5.80. The number of imidazole rings is 2. The number of aryl methyl sites for hydroxylation is 1. The Balaban J connectivity index is 1.48. The van der Waals surface area contributed by atoms with Crippen molar-refractivity contribution < 1.29 is 22.7 Å². The fraction of sp³-hybridized carbons (Fsp3) is 0.160. The van der Waals surface area contributed by atoms with E-state index < -0.39 is 23.5 Å². The molecular formula is C25H19F3N6O3. The number of ether oxygens (including phenoxy) is 1. The second-order valence-corrected chi connectivity index (χ2v) is 8.24. The number of hydrogen-bond acceptors (Lipinski definition) is 6. The smallest absolute Gasteiger partial charge is 0.434 e. The van der Waals surface area contributed by atoms with Gasteiger partial charge >= 0.3 is 17.8 Å². The average molecular weight is 508 g/mol. The number of nitrogens with zero attached hydrogens (tertiary/aromatic N) is 5. The summed E-state index contributed by atoms with van der Waals surface area (Å²) in [5, 5.41) is 0. The Morgan fingerprint density at radius 3 is 2.49 bits per heavy atom. The van der Waals surface area contributed by atoms with Gasteiger partial charge in [0, 0.05) is 24.4 Å². The quantitative estimate of drug-likeness (QED) is 0.359. The number of esters is 1. The van der Waals surface area contributed by atoms with Gasteiger partial charge in [0.15, 0.2) is 17.2 Å². The summed E-state index contributed by atoms with van der Waals surface area (Å²) in [5.74, 6) is -0.127. The van der Waals surface area contributed by atoms with E-state index in [0.29, 0.717) is 27.9 Å². The molecule has 0 aliphatic rings. The zero-order valence-electron chi connectivity index (χ0n) is 19.6. The lowest BCUT2D eigenvalue weighted by Crippen LogP contribution is -2.17. The Morgan fingerprint density at radius 1 is 1.08 bits per heavy atom. The summed E-state index contributed by atoms with van der Waals surface area (Å²) in [6.07, 6.45) is -2.14. The largest absolute Gasteiger partial charge is 0.465 e. The number of alkyl halides is 3. The number of rotatable bonds is 5. The number of aromatic amines is 1. The van der Waals surface area contributed by atoms with Crippen molar-refractivity contribution in [2.75, 3.05) is 7.11 Å². The fourth-order valence-corrected chi connectivity index (χ4v) is 4.00. The molecule has 9 nitrogen and oxygen atoms in total. The maximum Gasteiger partial charge on any atom is 0.434 e. The van der Waals surface area contributed by atoms with Gasteiger partial charge < -0.3 is 14.3 Å². The van der Waals surface area contributed by atoms with E-state index in [9.17, 15) is 22.8 Å². The minimum atomic E-state index is -4.54. The normalized spacial score (nSPS) is 11.7. The molecule has 0 radical (unpaired) electrons. The van der Waals surface area contributed by atoms with E-state index >= 15 is 0 Å². The third-order valence-corrected chi connectivity index (χ3v) is 5.80. The molecule has 0 unspecified atom stereocenters. The van der Waals surface area contributed by atoms with Crippen LogP contribution < -0.4 is 5.69 Å². The van der Waals surface area contributed by atoms with Crippen molar-refractivity contribution in [2.45, 2.75) is 12.7 Å². The molecule has 3 heterocycles. The van der Waals surface area contributed by atoms with Crippen molar-refractivity contribution in [3.05, 3.63) is 88.2 Å². The van der Waals surface area contributed by atoms with Crippen LogP contribution in [0.15, 0.2) is 65.7 Å². The molecule has 1 N–H and O–H groups in total. The molecule has 188 valence electrons. The van der Waals surface area contributed by atoms with Gasteiger partial charge in [0.25, 0.3) is 0 Å². The van der Waals surface area contributed by atoms with Crippen LogP contribution in [-0.4, -0.2) is 42.1 Å². The zero-order chi connectivity index (χ0) is 26.3. The monoisotopic (exact) mass is 508 g/mol. The van der Waals surface area contributed by atoms with Crippen LogP contribution in [0, 0.1) is 0 Å². The summed E-state index contributed by atoms with van der Waals surface area (Å²) < 4.78 is 46.6. The van der Waals surface area contributed by atoms with Gasteiger partial charge in [-0.05, 0) is 11.6 Å². The standard InChI is InChI=1S/C25H19F3N6O3/c1-33-13-19(25(26,27)28)31-21(33)15-9-7-14(8-10-15)12-34-22-18(30-24(34)36)11-29-20(32-22)16-5-3-4-6-17(16)23(35)37-2/h3-11,13H,12H2,1-2H3,(H,30,36). The van der Waals surface area contributed by atoms with Crippen molar-refractivity contribution in [3.63, 3.8) is 0 Å². The Kier molecular flexibility index (Phi) is 5.86. The van der Waals surface area contributed by atoms with Gasteiger partial charge in [0.05, 0.1) is 25.4 Å². The minimum absolute atomic E-state index is 0.141. The van der Waals surface area contributed by atoms with Crippen molar-refractivity contribution >= 4 is 17.1 Å². The second-order valence-electron chi connectivity index (χ2n) is 8.24. The molecule has 5 aromatic rings. The Labute approximate surface area is 207 Å². The number of aromatic nitrogens is 6. The second kappa shape index (κ2) is 9.04. The van der Waals surface area contributed by atoms with Crippen molar-refractivity contribution in [1.29, 1.82) is 0 Å². The molecule has 0 aliphatic heterocycles. The molecule has 37 heavy (non-hydrogen) atoms. The SMILES string of the molecule is COC(=O)c1ccccc1-c1ncc2[nH]c(=O)n(Cc3ccc(-c4nc(C(F)(F)F)cn4C)cc3)c2n1. The van der Waals surface area contributed by atoms with E-state index in [1.54, 1.807) is 48.5 Å². The minimum Gasteiger partial charge on any atom is -0.465 e. The number of fused-ring (bicyclic) bond motifs is 1. The third kappa shape index (κ3) is 4.48. The molecular weight excluding hydrogens is 489 g/mol. The van der Waals surface area contributed by atoms with Gasteiger partial charge in [-0.1, -0.05) is 42.5 Å². The van der Waals surface area contributed by atoms with Gasteiger partial charge in [-0.2, -0.15) is 13.2 Å². The Morgan fingerprint density at radius 2 is 1.81 bits per heavy atom. The highest BCUT2D eigenvalue weighted by molar-refractivity contribution is 5.96. The maximum atomic E-state index is 13.0. The van der Waals surface area contributed by atoms with Crippen LogP contribution >= 0.6 is 0 Å². The molecule has 0 aliphatic carbocycles. The van der Waals surface area contributed by atoms with Gasteiger partial charge in [-0.3, -0.25) is 4.57 Å². The predicted octanol–water partition coefficient (Wildman–Crippen LogP) is 4.04. The molecule has 3 aromatic heterocycles. The first-order valence-electron chi connectivity index (χ1n) is 11.0. The highest BCUT2D eigenvalue weighted by atomic mass is 19.4. The van der Waals surface area contributed by atoms with Crippen molar-refractivity contribution in [3.8, 4) is 22.8 Å². The summed E-state index contributed by atoms with van der Waals surface area (Å²) in [4.78, 5) is 40.1. The summed E-state index contributed by atoms with van der Waals surface area (Å²) in [7, 11) is 2.77. The van der Waals surface area contributed by atoms with E-state index in [0.717, 1.165) is 6.20 Å². The molecule has 0 saturated heterocycles.